The van der Waals surface area contributed by atoms with Gasteiger partial charge in [-0.05, 0) is 53.9 Å². The van der Waals surface area contributed by atoms with Crippen molar-refractivity contribution >= 4 is 64.9 Å². The quantitative estimate of drug-likeness (QED) is 0.655. The highest BCUT2D eigenvalue weighted by Crippen LogP contribution is 2.27. The first-order chi connectivity index (χ1) is 7.59. The van der Waals surface area contributed by atoms with Crippen LogP contribution in [0.3, 0.4) is 0 Å². The third-order valence-electron chi connectivity index (χ3n) is 1.88. The largest absolute Gasteiger partial charge is 0.287 e. The minimum absolute atomic E-state index is 0.0903. The fourth-order valence-electron chi connectivity index (χ4n) is 1.15. The maximum Gasteiger partial charge on any atom is 0.214 e. The molecule has 0 aliphatic heterocycles. The van der Waals surface area contributed by atoms with Crippen molar-refractivity contribution in [3.8, 4) is 0 Å². The molecule has 0 atom stereocenters. The normalized spacial score (nSPS) is 10.4. The van der Waals surface area contributed by atoms with Crippen LogP contribution in [0.5, 0.6) is 0 Å². The van der Waals surface area contributed by atoms with Gasteiger partial charge in [0, 0.05) is 35.9 Å². The van der Waals surface area contributed by atoms with Crippen LogP contribution >= 0.6 is 59.1 Å². The maximum absolute atomic E-state index is 12.1. The average molecular weight is 426 g/mol. The summed E-state index contributed by atoms with van der Waals surface area (Å²) >= 11 is 11.4. The van der Waals surface area contributed by atoms with Crippen molar-refractivity contribution in [3.63, 3.8) is 0 Å². The van der Waals surface area contributed by atoms with Crippen molar-refractivity contribution < 1.29 is 4.79 Å². The number of halogens is 3. The van der Waals surface area contributed by atoms with Gasteiger partial charge in [0.05, 0.1) is 0 Å². The molecule has 2 aromatic rings. The van der Waals surface area contributed by atoms with Gasteiger partial charge in [0.1, 0.15) is 5.69 Å². The lowest BCUT2D eigenvalue weighted by molar-refractivity contribution is 0.103. The zero-order chi connectivity index (χ0) is 11.7. The topological polar surface area (TPSA) is 30.0 Å². The molecule has 0 aliphatic carbocycles. The molecule has 2 nitrogen and oxygen atoms in total. The van der Waals surface area contributed by atoms with Gasteiger partial charge >= 0.3 is 0 Å². The van der Waals surface area contributed by atoms with E-state index in [1.807, 2.05) is 10.8 Å². The van der Waals surface area contributed by atoms with E-state index in [9.17, 15) is 4.79 Å². The monoisotopic (exact) mass is 423 g/mol. The van der Waals surface area contributed by atoms with E-state index in [4.69, 9.17) is 0 Å². The Kier molecular flexibility index (Phi) is 3.94. The SMILES string of the molecule is O=C(c1cscc1Br)c1ncc(Br)cc1Br. The molecule has 0 bridgehead atoms. The van der Waals surface area contributed by atoms with Gasteiger partial charge in [-0.1, -0.05) is 0 Å². The first kappa shape index (κ1) is 12.4. The van der Waals surface area contributed by atoms with Gasteiger partial charge in [0.2, 0.25) is 5.78 Å². The van der Waals surface area contributed by atoms with Gasteiger partial charge < -0.3 is 0 Å². The molecule has 0 spiro atoms. The highest BCUT2D eigenvalue weighted by atomic mass is 79.9. The van der Waals surface area contributed by atoms with Crippen LogP contribution in [0.25, 0.3) is 0 Å². The number of pyridine rings is 1. The minimum Gasteiger partial charge on any atom is -0.287 e. The van der Waals surface area contributed by atoms with E-state index in [2.05, 4.69) is 52.8 Å². The number of nitrogens with zero attached hydrogens (tertiary/aromatic N) is 1. The van der Waals surface area contributed by atoms with Crippen LogP contribution < -0.4 is 0 Å². The molecule has 0 unspecified atom stereocenters. The number of hydrogen-bond donors (Lipinski definition) is 0. The summed E-state index contributed by atoms with van der Waals surface area (Å²) in [6.45, 7) is 0. The lowest BCUT2D eigenvalue weighted by atomic mass is 10.1. The summed E-state index contributed by atoms with van der Waals surface area (Å²) in [5.74, 6) is -0.0903. The summed E-state index contributed by atoms with van der Waals surface area (Å²) in [4.78, 5) is 16.2. The number of thiophene rings is 1. The van der Waals surface area contributed by atoms with E-state index < -0.39 is 0 Å². The van der Waals surface area contributed by atoms with Crippen LogP contribution in [0.2, 0.25) is 0 Å². The lowest BCUT2D eigenvalue weighted by Gasteiger charge is -2.02. The van der Waals surface area contributed by atoms with Gasteiger partial charge in [-0.25, -0.2) is 0 Å². The van der Waals surface area contributed by atoms with Gasteiger partial charge in [-0.2, -0.15) is 11.3 Å². The number of rotatable bonds is 2. The van der Waals surface area contributed by atoms with Crippen LogP contribution in [0, 0.1) is 0 Å². The van der Waals surface area contributed by atoms with Gasteiger partial charge in [-0.15, -0.1) is 0 Å². The van der Waals surface area contributed by atoms with E-state index in [0.29, 0.717) is 15.7 Å². The smallest absolute Gasteiger partial charge is 0.214 e. The van der Waals surface area contributed by atoms with Crippen molar-refractivity contribution in [1.29, 1.82) is 0 Å². The predicted molar refractivity (Wildman–Crippen MR) is 75.1 cm³/mol. The zero-order valence-corrected chi connectivity index (χ0v) is 13.3. The van der Waals surface area contributed by atoms with E-state index >= 15 is 0 Å². The third kappa shape index (κ3) is 2.45. The van der Waals surface area contributed by atoms with Crippen LogP contribution in [-0.4, -0.2) is 10.8 Å². The van der Waals surface area contributed by atoms with Crippen molar-refractivity contribution in [3.05, 3.63) is 47.7 Å². The summed E-state index contributed by atoms with van der Waals surface area (Å²) in [6.07, 6.45) is 1.61. The minimum atomic E-state index is -0.0903. The van der Waals surface area contributed by atoms with Crippen molar-refractivity contribution in [1.82, 2.24) is 4.98 Å². The Balaban J connectivity index is 2.46. The van der Waals surface area contributed by atoms with Gasteiger partial charge in [0.25, 0.3) is 0 Å². The molecule has 0 aliphatic rings. The van der Waals surface area contributed by atoms with E-state index in [1.54, 1.807) is 12.3 Å². The second-order valence-corrected chi connectivity index (χ2v) is 6.31. The van der Waals surface area contributed by atoms with Crippen molar-refractivity contribution in [2.75, 3.05) is 0 Å². The molecule has 0 aromatic carbocycles. The number of carbonyl (C=O) groups is 1. The first-order valence-electron chi connectivity index (χ1n) is 4.17. The molecule has 82 valence electrons. The number of hydrogen-bond acceptors (Lipinski definition) is 3. The molecule has 0 saturated heterocycles. The Morgan fingerprint density at radius 1 is 1.19 bits per heavy atom. The molecule has 0 saturated carbocycles. The molecule has 0 amide bonds. The standard InChI is InChI=1S/C10H4Br3NOS/c11-5-1-7(12)9(14-2-5)10(15)6-3-16-4-8(6)13/h1-4H. The number of carbonyl (C=O) groups excluding carboxylic acids is 1. The molecule has 2 heterocycles. The van der Waals surface area contributed by atoms with Crippen LogP contribution in [0.4, 0.5) is 0 Å². The lowest BCUT2D eigenvalue weighted by Crippen LogP contribution is -2.04. The van der Waals surface area contributed by atoms with E-state index in [-0.39, 0.29) is 5.78 Å². The van der Waals surface area contributed by atoms with Crippen molar-refractivity contribution in [2.24, 2.45) is 0 Å². The van der Waals surface area contributed by atoms with Crippen LogP contribution in [0.1, 0.15) is 16.1 Å². The third-order valence-corrected chi connectivity index (χ3v) is 4.62. The number of ketones is 1. The Hall–Kier alpha value is -0.0400. The molecule has 0 radical (unpaired) electrons. The molecule has 6 heteroatoms. The Labute approximate surface area is 121 Å². The van der Waals surface area contributed by atoms with Gasteiger partial charge in [0.15, 0.2) is 0 Å². The molecule has 16 heavy (non-hydrogen) atoms. The average Bonchev–Trinajstić information content (AvgIpc) is 2.63. The van der Waals surface area contributed by atoms with Crippen LogP contribution in [0.15, 0.2) is 36.4 Å². The maximum atomic E-state index is 12.1. The zero-order valence-electron chi connectivity index (χ0n) is 7.71. The van der Waals surface area contributed by atoms with E-state index in [0.717, 1.165) is 8.95 Å². The van der Waals surface area contributed by atoms with Gasteiger partial charge in [-0.3, -0.25) is 9.78 Å². The Morgan fingerprint density at radius 2 is 1.94 bits per heavy atom. The second kappa shape index (κ2) is 5.08. The Bertz CT molecular complexity index is 553. The second-order valence-electron chi connectivity index (χ2n) is 2.95. The first-order valence-corrected chi connectivity index (χ1v) is 7.49. The predicted octanol–water partition coefficient (Wildman–Crippen LogP) is 4.66. The summed E-state index contributed by atoms with van der Waals surface area (Å²) < 4.78 is 2.32. The summed E-state index contributed by atoms with van der Waals surface area (Å²) in [6, 6.07) is 1.81. The summed E-state index contributed by atoms with van der Waals surface area (Å²) in [5.41, 5.74) is 1.06. The fourth-order valence-corrected chi connectivity index (χ4v) is 3.77. The summed E-state index contributed by atoms with van der Waals surface area (Å²) in [7, 11) is 0. The summed E-state index contributed by atoms with van der Waals surface area (Å²) in [5, 5.41) is 3.68. The molecule has 0 fully saturated rings. The van der Waals surface area contributed by atoms with Crippen LogP contribution in [-0.2, 0) is 0 Å². The molecule has 0 N–H and O–H groups in total. The fraction of sp³-hybridized carbons (Fsp3) is 0. The molecule has 2 aromatic heterocycles. The van der Waals surface area contributed by atoms with E-state index in [1.165, 1.54) is 11.3 Å². The highest BCUT2D eigenvalue weighted by molar-refractivity contribution is 9.11. The number of aromatic nitrogens is 1. The Morgan fingerprint density at radius 3 is 2.50 bits per heavy atom. The molecular formula is C10H4Br3NOS. The molecular weight excluding hydrogens is 422 g/mol. The molecule has 2 rings (SSSR count). The highest BCUT2D eigenvalue weighted by Gasteiger charge is 2.17. The van der Waals surface area contributed by atoms with Crippen molar-refractivity contribution in [2.45, 2.75) is 0 Å².